The number of hydrogen-bond donors (Lipinski definition) is 0. The molecule has 2 aromatic rings. The highest BCUT2D eigenvalue weighted by molar-refractivity contribution is 5.83. The van der Waals surface area contributed by atoms with Gasteiger partial charge in [0, 0.05) is 0 Å². The molecule has 0 aromatic heterocycles. The van der Waals surface area contributed by atoms with Crippen molar-refractivity contribution >= 4 is 10.8 Å². The third kappa shape index (κ3) is 2.92. The van der Waals surface area contributed by atoms with Gasteiger partial charge in [-0.2, -0.15) is 0 Å². The van der Waals surface area contributed by atoms with Gasteiger partial charge in [-0.3, -0.25) is 0 Å². The van der Waals surface area contributed by atoms with Crippen LogP contribution in [0.15, 0.2) is 62.1 Å². The molecule has 2 aromatic carbocycles. The molecule has 0 radical (unpaired) electrons. The Morgan fingerprint density at radius 3 is 1.72 bits per heavy atom. The van der Waals surface area contributed by atoms with Crippen LogP contribution in [0, 0.1) is 0 Å². The van der Waals surface area contributed by atoms with Crippen molar-refractivity contribution in [3.63, 3.8) is 0 Å². The first-order chi connectivity index (χ1) is 8.83. The Morgan fingerprint density at radius 2 is 1.28 bits per heavy atom. The van der Waals surface area contributed by atoms with Crippen LogP contribution < -0.4 is 0 Å². The molecule has 92 valence electrons. The normalized spacial score (nSPS) is 10.0. The van der Waals surface area contributed by atoms with Crippen molar-refractivity contribution in [1.82, 2.24) is 0 Å². The molecule has 0 aliphatic carbocycles. The fraction of sp³-hybridized carbons (Fsp3) is 0.125. The zero-order chi connectivity index (χ0) is 12.8. The maximum Gasteiger partial charge on any atom is 0.112 e. The number of ether oxygens (including phenoxy) is 2. The average molecular weight is 240 g/mol. The molecule has 0 saturated heterocycles. The third-order valence-corrected chi connectivity index (χ3v) is 2.70. The predicted molar refractivity (Wildman–Crippen MR) is 73.9 cm³/mol. The summed E-state index contributed by atoms with van der Waals surface area (Å²) in [5.74, 6) is 0. The van der Waals surface area contributed by atoms with E-state index in [4.69, 9.17) is 9.47 Å². The van der Waals surface area contributed by atoms with Crippen molar-refractivity contribution in [2.45, 2.75) is 13.2 Å². The first-order valence-electron chi connectivity index (χ1n) is 5.80. The second-order valence-electron chi connectivity index (χ2n) is 3.97. The summed E-state index contributed by atoms with van der Waals surface area (Å²) in [6.07, 6.45) is 2.91. The van der Waals surface area contributed by atoms with Crippen LogP contribution in [0.25, 0.3) is 10.8 Å². The second-order valence-corrected chi connectivity index (χ2v) is 3.97. The fourth-order valence-electron chi connectivity index (χ4n) is 1.84. The molecule has 0 atom stereocenters. The molecular weight excluding hydrogens is 224 g/mol. The summed E-state index contributed by atoms with van der Waals surface area (Å²) in [7, 11) is 0. The van der Waals surface area contributed by atoms with Crippen LogP contribution >= 0.6 is 0 Å². The van der Waals surface area contributed by atoms with Gasteiger partial charge in [-0.25, -0.2) is 0 Å². The van der Waals surface area contributed by atoms with Crippen molar-refractivity contribution in [2.75, 3.05) is 0 Å². The monoisotopic (exact) mass is 240 g/mol. The molecule has 2 nitrogen and oxygen atoms in total. The van der Waals surface area contributed by atoms with Gasteiger partial charge in [0.2, 0.25) is 0 Å². The van der Waals surface area contributed by atoms with E-state index >= 15 is 0 Å². The molecule has 0 spiro atoms. The number of fused-ring (bicyclic) bond motifs is 1. The fourth-order valence-corrected chi connectivity index (χ4v) is 1.84. The molecule has 0 unspecified atom stereocenters. The van der Waals surface area contributed by atoms with Crippen molar-refractivity contribution in [3.8, 4) is 0 Å². The average Bonchev–Trinajstić information content (AvgIpc) is 2.42. The molecule has 18 heavy (non-hydrogen) atoms. The summed E-state index contributed by atoms with van der Waals surface area (Å²) in [5.41, 5.74) is 2.26. The molecule has 0 aliphatic heterocycles. The van der Waals surface area contributed by atoms with Crippen LogP contribution in [0.3, 0.4) is 0 Å². The lowest BCUT2D eigenvalue weighted by atomic mass is 10.0. The van der Waals surface area contributed by atoms with Gasteiger partial charge in [-0.1, -0.05) is 37.4 Å². The summed E-state index contributed by atoms with van der Waals surface area (Å²) in [4.78, 5) is 0. The first kappa shape index (κ1) is 12.2. The predicted octanol–water partition coefficient (Wildman–Crippen LogP) is 4.16. The molecule has 0 N–H and O–H groups in total. The summed E-state index contributed by atoms with van der Waals surface area (Å²) < 4.78 is 10.4. The molecule has 0 heterocycles. The van der Waals surface area contributed by atoms with Gasteiger partial charge in [-0.05, 0) is 34.0 Å². The molecular formula is C16H16O2. The van der Waals surface area contributed by atoms with Crippen LogP contribution in [-0.4, -0.2) is 0 Å². The summed E-state index contributed by atoms with van der Waals surface area (Å²) in [5, 5.41) is 2.39. The Morgan fingerprint density at radius 1 is 0.778 bits per heavy atom. The van der Waals surface area contributed by atoms with Gasteiger partial charge in [0.05, 0.1) is 12.5 Å². The van der Waals surface area contributed by atoms with Gasteiger partial charge >= 0.3 is 0 Å². The minimum Gasteiger partial charge on any atom is -0.497 e. The number of benzene rings is 2. The van der Waals surface area contributed by atoms with Crippen LogP contribution in [0.4, 0.5) is 0 Å². The number of hydrogen-bond acceptors (Lipinski definition) is 2. The smallest absolute Gasteiger partial charge is 0.112 e. The molecule has 0 fully saturated rings. The topological polar surface area (TPSA) is 18.5 Å². The largest absolute Gasteiger partial charge is 0.497 e. The van der Waals surface area contributed by atoms with Crippen LogP contribution in [-0.2, 0) is 22.7 Å². The van der Waals surface area contributed by atoms with Crippen LogP contribution in [0.5, 0.6) is 0 Å². The molecule has 2 rings (SSSR count). The highest BCUT2D eigenvalue weighted by Gasteiger charge is 1.99. The molecule has 0 bridgehead atoms. The Labute approximate surface area is 107 Å². The maximum atomic E-state index is 5.19. The van der Waals surface area contributed by atoms with Crippen LogP contribution in [0.2, 0.25) is 0 Å². The van der Waals surface area contributed by atoms with Gasteiger partial charge in [-0.15, -0.1) is 0 Å². The van der Waals surface area contributed by atoms with Gasteiger partial charge in [0.1, 0.15) is 13.2 Å². The van der Waals surface area contributed by atoms with Crippen molar-refractivity contribution in [1.29, 1.82) is 0 Å². The second kappa shape index (κ2) is 5.92. The van der Waals surface area contributed by atoms with E-state index in [9.17, 15) is 0 Å². The van der Waals surface area contributed by atoms with Crippen molar-refractivity contribution in [3.05, 3.63) is 73.2 Å². The Kier molecular flexibility index (Phi) is 4.02. The minimum atomic E-state index is 0.548. The summed E-state index contributed by atoms with van der Waals surface area (Å²) in [6, 6.07) is 12.6. The molecule has 0 amide bonds. The maximum absolute atomic E-state index is 5.19. The van der Waals surface area contributed by atoms with E-state index in [2.05, 4.69) is 49.6 Å². The third-order valence-electron chi connectivity index (χ3n) is 2.70. The van der Waals surface area contributed by atoms with E-state index in [1.54, 1.807) is 0 Å². The number of rotatable bonds is 6. The van der Waals surface area contributed by atoms with Gasteiger partial charge < -0.3 is 9.47 Å². The highest BCUT2D eigenvalue weighted by Crippen LogP contribution is 2.19. The van der Waals surface area contributed by atoms with E-state index < -0.39 is 0 Å². The first-order valence-corrected chi connectivity index (χ1v) is 5.80. The van der Waals surface area contributed by atoms with Gasteiger partial charge in [0.25, 0.3) is 0 Å². The van der Waals surface area contributed by atoms with E-state index in [0.717, 1.165) is 11.1 Å². The van der Waals surface area contributed by atoms with E-state index in [0.29, 0.717) is 13.2 Å². The van der Waals surface area contributed by atoms with E-state index in [1.807, 2.05) is 0 Å². The Bertz CT molecular complexity index is 511. The standard InChI is InChI=1S/C16H16O2/c1-3-17-11-13-5-7-15-8-6-14(12-18-4-2)10-16(15)9-13/h3-10H,1-2,11-12H2. The SMILES string of the molecule is C=COCc1ccc2ccc(COC=C)cc2c1. The lowest BCUT2D eigenvalue weighted by molar-refractivity contribution is 0.237. The quantitative estimate of drug-likeness (QED) is 0.706. The zero-order valence-corrected chi connectivity index (χ0v) is 10.3. The van der Waals surface area contributed by atoms with Crippen molar-refractivity contribution < 1.29 is 9.47 Å². The molecule has 0 saturated carbocycles. The van der Waals surface area contributed by atoms with Crippen LogP contribution in [0.1, 0.15) is 11.1 Å². The lowest BCUT2D eigenvalue weighted by Gasteiger charge is -2.06. The Hall–Kier alpha value is -2.22. The van der Waals surface area contributed by atoms with E-state index in [-0.39, 0.29) is 0 Å². The highest BCUT2D eigenvalue weighted by atomic mass is 16.5. The van der Waals surface area contributed by atoms with Crippen molar-refractivity contribution in [2.24, 2.45) is 0 Å². The molecule has 0 aliphatic rings. The minimum absolute atomic E-state index is 0.548. The lowest BCUT2D eigenvalue weighted by Crippen LogP contribution is -1.89. The van der Waals surface area contributed by atoms with E-state index in [1.165, 1.54) is 23.3 Å². The summed E-state index contributed by atoms with van der Waals surface area (Å²) in [6.45, 7) is 8.17. The van der Waals surface area contributed by atoms with Gasteiger partial charge in [0.15, 0.2) is 0 Å². The summed E-state index contributed by atoms with van der Waals surface area (Å²) >= 11 is 0. The molecule has 2 heteroatoms. The Balaban J connectivity index is 2.27. The zero-order valence-electron chi connectivity index (χ0n) is 10.3.